The lowest BCUT2D eigenvalue weighted by atomic mass is 10.1. The largest absolute Gasteiger partial charge is 0.337 e. The van der Waals surface area contributed by atoms with E-state index in [9.17, 15) is 4.79 Å². The molecule has 5 heteroatoms. The SMILES string of the molecule is Cc1ccc(/C=C/C(=O)N(C)Cc2nc(-c3cccc(C)c3)no2)cc1. The molecule has 3 rings (SSSR count). The van der Waals surface area contributed by atoms with Crippen molar-refractivity contribution in [1.29, 1.82) is 0 Å². The maximum Gasteiger partial charge on any atom is 0.246 e. The summed E-state index contributed by atoms with van der Waals surface area (Å²) in [7, 11) is 1.71. The van der Waals surface area contributed by atoms with Crippen molar-refractivity contribution >= 4 is 12.0 Å². The molecule has 5 nitrogen and oxygen atoms in total. The van der Waals surface area contributed by atoms with Crippen LogP contribution in [0.4, 0.5) is 0 Å². The van der Waals surface area contributed by atoms with Crippen LogP contribution in [0.25, 0.3) is 17.5 Å². The monoisotopic (exact) mass is 347 g/mol. The number of hydrogen-bond acceptors (Lipinski definition) is 4. The zero-order chi connectivity index (χ0) is 18.5. The van der Waals surface area contributed by atoms with Crippen LogP contribution in [-0.2, 0) is 11.3 Å². The second-order valence-corrected chi connectivity index (χ2v) is 6.32. The highest BCUT2D eigenvalue weighted by atomic mass is 16.5. The van der Waals surface area contributed by atoms with Gasteiger partial charge in [-0.05, 0) is 31.6 Å². The molecule has 26 heavy (non-hydrogen) atoms. The Balaban J connectivity index is 1.63. The van der Waals surface area contributed by atoms with Gasteiger partial charge in [-0.25, -0.2) is 0 Å². The first-order valence-electron chi connectivity index (χ1n) is 8.41. The van der Waals surface area contributed by atoms with Crippen LogP contribution in [0, 0.1) is 13.8 Å². The van der Waals surface area contributed by atoms with E-state index in [4.69, 9.17) is 4.52 Å². The topological polar surface area (TPSA) is 59.2 Å². The molecular formula is C21H21N3O2. The van der Waals surface area contributed by atoms with Crippen molar-refractivity contribution in [3.8, 4) is 11.4 Å². The number of hydrogen-bond donors (Lipinski definition) is 0. The quantitative estimate of drug-likeness (QED) is 0.654. The van der Waals surface area contributed by atoms with Crippen LogP contribution in [0.3, 0.4) is 0 Å². The van der Waals surface area contributed by atoms with Crippen molar-refractivity contribution < 1.29 is 9.32 Å². The minimum absolute atomic E-state index is 0.124. The van der Waals surface area contributed by atoms with E-state index in [2.05, 4.69) is 10.1 Å². The van der Waals surface area contributed by atoms with Crippen molar-refractivity contribution in [1.82, 2.24) is 15.0 Å². The third-order valence-electron chi connectivity index (χ3n) is 3.99. The van der Waals surface area contributed by atoms with Gasteiger partial charge in [0.1, 0.15) is 0 Å². The molecule has 3 aromatic rings. The normalized spacial score (nSPS) is 11.0. The number of carbonyl (C=O) groups excluding carboxylic acids is 1. The van der Waals surface area contributed by atoms with E-state index < -0.39 is 0 Å². The summed E-state index contributed by atoms with van der Waals surface area (Å²) in [5, 5.41) is 4.00. The van der Waals surface area contributed by atoms with Crippen molar-refractivity contribution in [2.24, 2.45) is 0 Å². The first-order valence-corrected chi connectivity index (χ1v) is 8.41. The zero-order valence-corrected chi connectivity index (χ0v) is 15.1. The highest BCUT2D eigenvalue weighted by Gasteiger charge is 2.13. The van der Waals surface area contributed by atoms with Crippen LogP contribution in [0.5, 0.6) is 0 Å². The van der Waals surface area contributed by atoms with Gasteiger partial charge in [-0.15, -0.1) is 0 Å². The first-order chi connectivity index (χ1) is 12.5. The number of amides is 1. The predicted molar refractivity (Wildman–Crippen MR) is 101 cm³/mol. The van der Waals surface area contributed by atoms with Gasteiger partial charge in [-0.3, -0.25) is 4.79 Å². The molecule has 0 aliphatic carbocycles. The minimum Gasteiger partial charge on any atom is -0.337 e. The summed E-state index contributed by atoms with van der Waals surface area (Å²) in [6, 6.07) is 15.9. The third-order valence-corrected chi connectivity index (χ3v) is 3.99. The second kappa shape index (κ2) is 7.78. The average Bonchev–Trinajstić information content (AvgIpc) is 3.09. The van der Waals surface area contributed by atoms with Gasteiger partial charge in [-0.1, -0.05) is 58.7 Å². The maximum atomic E-state index is 12.3. The number of aromatic nitrogens is 2. The number of nitrogens with zero attached hydrogens (tertiary/aromatic N) is 3. The summed E-state index contributed by atoms with van der Waals surface area (Å²) in [6.45, 7) is 4.30. The third kappa shape index (κ3) is 4.45. The number of rotatable bonds is 5. The molecule has 0 fully saturated rings. The Morgan fingerprint density at radius 2 is 1.88 bits per heavy atom. The average molecular weight is 347 g/mol. The summed E-state index contributed by atoms with van der Waals surface area (Å²) >= 11 is 0. The van der Waals surface area contributed by atoms with E-state index in [-0.39, 0.29) is 12.5 Å². The molecule has 0 spiro atoms. The summed E-state index contributed by atoms with van der Waals surface area (Å²) in [6.07, 6.45) is 3.34. The van der Waals surface area contributed by atoms with Gasteiger partial charge >= 0.3 is 0 Å². The van der Waals surface area contributed by atoms with Crippen LogP contribution >= 0.6 is 0 Å². The Morgan fingerprint density at radius 3 is 2.62 bits per heavy atom. The summed E-state index contributed by atoms with van der Waals surface area (Å²) in [5.41, 5.74) is 4.19. The molecule has 1 heterocycles. The molecule has 1 amide bonds. The maximum absolute atomic E-state index is 12.3. The fourth-order valence-corrected chi connectivity index (χ4v) is 2.47. The number of benzene rings is 2. The lowest BCUT2D eigenvalue weighted by Crippen LogP contribution is -2.24. The molecule has 0 aliphatic rings. The Hall–Kier alpha value is -3.21. The Kier molecular flexibility index (Phi) is 5.27. The van der Waals surface area contributed by atoms with Crippen LogP contribution in [0.2, 0.25) is 0 Å². The molecule has 132 valence electrons. The van der Waals surface area contributed by atoms with Gasteiger partial charge in [0.25, 0.3) is 0 Å². The second-order valence-electron chi connectivity index (χ2n) is 6.32. The summed E-state index contributed by atoms with van der Waals surface area (Å²) in [4.78, 5) is 18.2. The number of aryl methyl sites for hydroxylation is 2. The fourth-order valence-electron chi connectivity index (χ4n) is 2.47. The molecule has 0 saturated carbocycles. The van der Waals surface area contributed by atoms with Gasteiger partial charge in [-0.2, -0.15) is 4.98 Å². The van der Waals surface area contributed by atoms with Crippen molar-refractivity contribution in [3.63, 3.8) is 0 Å². The van der Waals surface area contributed by atoms with Crippen molar-refractivity contribution in [2.75, 3.05) is 7.05 Å². The fraction of sp³-hybridized carbons (Fsp3) is 0.190. The van der Waals surface area contributed by atoms with Crippen LogP contribution in [-0.4, -0.2) is 28.0 Å². The molecule has 0 atom stereocenters. The van der Waals surface area contributed by atoms with E-state index in [1.807, 2.05) is 62.4 Å². The molecule has 0 bridgehead atoms. The lowest BCUT2D eigenvalue weighted by Gasteiger charge is -2.11. The van der Waals surface area contributed by atoms with Crippen molar-refractivity contribution in [2.45, 2.75) is 20.4 Å². The summed E-state index contributed by atoms with van der Waals surface area (Å²) < 4.78 is 5.28. The van der Waals surface area contributed by atoms with E-state index in [0.29, 0.717) is 11.7 Å². The molecule has 0 radical (unpaired) electrons. The molecule has 0 aliphatic heterocycles. The number of likely N-dealkylation sites (N-methyl/N-ethyl adjacent to an activating group) is 1. The van der Waals surface area contributed by atoms with E-state index in [0.717, 1.165) is 16.7 Å². The van der Waals surface area contributed by atoms with Crippen LogP contribution < -0.4 is 0 Å². The van der Waals surface area contributed by atoms with E-state index in [1.54, 1.807) is 19.2 Å². The zero-order valence-electron chi connectivity index (χ0n) is 15.1. The van der Waals surface area contributed by atoms with Gasteiger partial charge in [0.05, 0.1) is 6.54 Å². The van der Waals surface area contributed by atoms with Gasteiger partial charge in [0, 0.05) is 18.7 Å². The van der Waals surface area contributed by atoms with Gasteiger partial charge in [0.15, 0.2) is 0 Å². The molecule has 0 N–H and O–H groups in total. The lowest BCUT2D eigenvalue weighted by molar-refractivity contribution is -0.125. The van der Waals surface area contributed by atoms with E-state index in [1.165, 1.54) is 10.5 Å². The number of carbonyl (C=O) groups is 1. The molecule has 0 unspecified atom stereocenters. The summed E-state index contributed by atoms with van der Waals surface area (Å²) in [5.74, 6) is 0.807. The minimum atomic E-state index is -0.124. The molecule has 0 saturated heterocycles. The highest BCUT2D eigenvalue weighted by molar-refractivity contribution is 5.91. The molecular weight excluding hydrogens is 326 g/mol. The van der Waals surface area contributed by atoms with Crippen molar-refractivity contribution in [3.05, 3.63) is 77.2 Å². The molecule has 2 aromatic carbocycles. The highest BCUT2D eigenvalue weighted by Crippen LogP contribution is 2.17. The Labute approximate surface area is 153 Å². The van der Waals surface area contributed by atoms with E-state index >= 15 is 0 Å². The Morgan fingerprint density at radius 1 is 1.12 bits per heavy atom. The Bertz CT molecular complexity index is 926. The standard InChI is InChI=1S/C21H21N3O2/c1-15-7-9-17(10-8-15)11-12-20(25)24(3)14-19-22-21(23-26-19)18-6-4-5-16(2)13-18/h4-13H,14H2,1-3H3/b12-11+. The first kappa shape index (κ1) is 17.6. The predicted octanol–water partition coefficient (Wildman–Crippen LogP) is 4.03. The van der Waals surface area contributed by atoms with Gasteiger partial charge < -0.3 is 9.42 Å². The van der Waals surface area contributed by atoms with Crippen LogP contribution in [0.1, 0.15) is 22.6 Å². The van der Waals surface area contributed by atoms with Gasteiger partial charge in [0.2, 0.25) is 17.6 Å². The molecule has 1 aromatic heterocycles. The smallest absolute Gasteiger partial charge is 0.246 e. The van der Waals surface area contributed by atoms with Crippen LogP contribution in [0.15, 0.2) is 59.1 Å².